The molecule has 0 unspecified atom stereocenters. The molecule has 252 valence electrons. The normalized spacial score (nSPS) is 29.0. The number of nitrogens with zero attached hydrogens (tertiary/aromatic N) is 1. The van der Waals surface area contributed by atoms with Gasteiger partial charge in [-0.1, -0.05) is 25.8 Å². The highest BCUT2D eigenvalue weighted by atomic mass is 32.2. The van der Waals surface area contributed by atoms with Gasteiger partial charge in [0.1, 0.15) is 15.6 Å². The van der Waals surface area contributed by atoms with Gasteiger partial charge in [-0.25, -0.2) is 8.42 Å². The Balaban J connectivity index is 1.17. The molecular formula is C33H50F5NO4S. The molecule has 2 fully saturated rings. The van der Waals surface area contributed by atoms with Crippen molar-refractivity contribution in [2.24, 2.45) is 23.2 Å². The number of alkyl halides is 5. The Morgan fingerprint density at radius 1 is 0.955 bits per heavy atom. The molecule has 6 atom stereocenters. The van der Waals surface area contributed by atoms with Crippen molar-refractivity contribution in [3.63, 3.8) is 0 Å². The lowest BCUT2D eigenvalue weighted by atomic mass is 9.52. The summed E-state index contributed by atoms with van der Waals surface area (Å²) in [6, 6.07) is 5.88. The van der Waals surface area contributed by atoms with Crippen molar-refractivity contribution in [1.82, 2.24) is 4.90 Å². The zero-order valence-corrected chi connectivity index (χ0v) is 26.9. The number of halogens is 5. The van der Waals surface area contributed by atoms with Gasteiger partial charge in [-0.3, -0.25) is 0 Å². The lowest BCUT2D eigenvalue weighted by Crippen LogP contribution is -2.47. The van der Waals surface area contributed by atoms with Crippen molar-refractivity contribution >= 4 is 9.84 Å². The van der Waals surface area contributed by atoms with Crippen LogP contribution in [-0.4, -0.2) is 73.4 Å². The number of hydrogen-bond acceptors (Lipinski definition) is 5. The first-order valence-electron chi connectivity index (χ1n) is 16.4. The summed E-state index contributed by atoms with van der Waals surface area (Å²) in [5, 5.41) is 21.0. The molecule has 3 aliphatic carbocycles. The van der Waals surface area contributed by atoms with Crippen LogP contribution in [0.2, 0.25) is 0 Å². The van der Waals surface area contributed by atoms with Gasteiger partial charge in [0.15, 0.2) is 0 Å². The SMILES string of the molecule is CN(CCCCC[C@@H]1Cc2cc(O)ccc2[C@H]2CC[C@]3(C)[C@@H](O)CC[C@H]3[C@H]12)CCCCS(=O)(=O)CCCC(F)(F)C(F)(F)F. The Hall–Kier alpha value is -1.46. The number of unbranched alkanes of at least 4 members (excludes halogenated alkanes) is 3. The number of rotatable bonds is 15. The Labute approximate surface area is 259 Å². The minimum atomic E-state index is -5.66. The van der Waals surface area contributed by atoms with Gasteiger partial charge in [-0.05, 0) is 137 Å². The Bertz CT molecular complexity index is 1210. The van der Waals surface area contributed by atoms with Crippen molar-refractivity contribution in [3.05, 3.63) is 29.3 Å². The molecule has 0 spiro atoms. The van der Waals surface area contributed by atoms with Crippen molar-refractivity contribution in [2.45, 2.75) is 115 Å². The molecule has 0 heterocycles. The maximum Gasteiger partial charge on any atom is 0.453 e. The number of benzene rings is 1. The van der Waals surface area contributed by atoms with E-state index in [0.29, 0.717) is 48.8 Å². The Morgan fingerprint density at radius 2 is 1.64 bits per heavy atom. The molecule has 2 saturated carbocycles. The van der Waals surface area contributed by atoms with E-state index in [0.717, 1.165) is 64.3 Å². The molecule has 0 bridgehead atoms. The number of phenols is 1. The van der Waals surface area contributed by atoms with Gasteiger partial charge in [0.2, 0.25) is 0 Å². The van der Waals surface area contributed by atoms with Crippen LogP contribution in [0, 0.1) is 23.2 Å². The summed E-state index contributed by atoms with van der Waals surface area (Å²) in [4.78, 5) is 2.15. The van der Waals surface area contributed by atoms with Gasteiger partial charge in [0.05, 0.1) is 17.6 Å². The van der Waals surface area contributed by atoms with Gasteiger partial charge < -0.3 is 15.1 Å². The van der Waals surface area contributed by atoms with Crippen LogP contribution in [0.1, 0.15) is 101 Å². The van der Waals surface area contributed by atoms with Gasteiger partial charge in [-0.2, -0.15) is 22.0 Å². The molecule has 0 radical (unpaired) electrons. The van der Waals surface area contributed by atoms with E-state index in [-0.39, 0.29) is 17.3 Å². The summed E-state index contributed by atoms with van der Waals surface area (Å²) in [5.74, 6) is -3.31. The average molecular weight is 652 g/mol. The fraction of sp³-hybridized carbons (Fsp3) is 0.818. The quantitative estimate of drug-likeness (QED) is 0.152. The molecular weight excluding hydrogens is 601 g/mol. The molecule has 4 rings (SSSR count). The molecule has 0 aliphatic heterocycles. The smallest absolute Gasteiger partial charge is 0.453 e. The molecule has 11 heteroatoms. The molecule has 0 saturated heterocycles. The second-order valence-corrected chi connectivity index (χ2v) is 16.4. The standard InChI is InChI=1S/C33H50F5NO4S/c1-31-16-14-27-26-11-10-25(40)22-24(26)21-23(30(27)28(31)12-13-29(31)41)9-4-3-5-17-39(2)18-6-7-19-44(42,43)20-8-15-32(34,35)33(36,37)38/h10-11,22-23,27-30,40-41H,3-9,12-21H2,1-2H3/t23-,27-,28+,29+,30-,31+/m1/s1. The predicted octanol–water partition coefficient (Wildman–Crippen LogP) is 7.50. The van der Waals surface area contributed by atoms with E-state index in [9.17, 15) is 40.6 Å². The van der Waals surface area contributed by atoms with Crippen molar-refractivity contribution in [1.29, 1.82) is 0 Å². The summed E-state index contributed by atoms with van der Waals surface area (Å²) in [6.45, 7) is 3.86. The predicted molar refractivity (Wildman–Crippen MR) is 162 cm³/mol. The van der Waals surface area contributed by atoms with Crippen LogP contribution >= 0.6 is 0 Å². The fourth-order valence-corrected chi connectivity index (χ4v) is 10.0. The topological polar surface area (TPSA) is 77.8 Å². The minimum absolute atomic E-state index is 0.00231. The van der Waals surface area contributed by atoms with Crippen LogP contribution in [0.3, 0.4) is 0 Å². The molecule has 0 amide bonds. The van der Waals surface area contributed by atoms with Crippen LogP contribution in [0.25, 0.3) is 0 Å². The highest BCUT2D eigenvalue weighted by Gasteiger charge is 2.57. The van der Waals surface area contributed by atoms with Gasteiger partial charge in [0, 0.05) is 6.42 Å². The first-order chi connectivity index (χ1) is 20.5. The van der Waals surface area contributed by atoms with Gasteiger partial charge >= 0.3 is 12.1 Å². The summed E-state index contributed by atoms with van der Waals surface area (Å²) in [5.41, 5.74) is 2.67. The summed E-state index contributed by atoms with van der Waals surface area (Å²) in [6.07, 6.45) is 2.25. The second-order valence-electron chi connectivity index (χ2n) is 14.1. The molecule has 3 aliphatic rings. The van der Waals surface area contributed by atoms with E-state index in [1.807, 2.05) is 19.2 Å². The van der Waals surface area contributed by atoms with E-state index < -0.39 is 40.5 Å². The van der Waals surface area contributed by atoms with Gasteiger partial charge in [0.25, 0.3) is 0 Å². The molecule has 2 N–H and O–H groups in total. The lowest BCUT2D eigenvalue weighted by molar-refractivity contribution is -0.284. The van der Waals surface area contributed by atoms with E-state index in [2.05, 4.69) is 17.9 Å². The molecule has 0 aromatic heterocycles. The van der Waals surface area contributed by atoms with Crippen LogP contribution < -0.4 is 0 Å². The van der Waals surface area contributed by atoms with E-state index in [4.69, 9.17) is 0 Å². The molecule has 1 aromatic rings. The largest absolute Gasteiger partial charge is 0.508 e. The number of fused-ring (bicyclic) bond motifs is 5. The van der Waals surface area contributed by atoms with Gasteiger partial charge in [-0.15, -0.1) is 0 Å². The lowest BCUT2D eigenvalue weighted by Gasteiger charge is -2.53. The summed E-state index contributed by atoms with van der Waals surface area (Å²) >= 11 is 0. The van der Waals surface area contributed by atoms with Crippen LogP contribution in [0.4, 0.5) is 22.0 Å². The monoisotopic (exact) mass is 651 g/mol. The first-order valence-corrected chi connectivity index (χ1v) is 18.2. The Kier molecular flexibility index (Phi) is 11.4. The minimum Gasteiger partial charge on any atom is -0.508 e. The maximum absolute atomic E-state index is 13.0. The molecule has 1 aromatic carbocycles. The zero-order chi connectivity index (χ0) is 32.3. The first kappa shape index (κ1) is 35.4. The number of aliphatic hydroxyl groups excluding tert-OH is 1. The number of hydrogen-bond donors (Lipinski definition) is 2. The fourth-order valence-electron chi connectivity index (χ4n) is 8.57. The van der Waals surface area contributed by atoms with Crippen LogP contribution in [0.5, 0.6) is 5.75 Å². The number of aliphatic hydroxyl groups is 1. The summed E-state index contributed by atoms with van der Waals surface area (Å²) in [7, 11) is -1.69. The van der Waals surface area contributed by atoms with Crippen molar-refractivity contribution in [2.75, 3.05) is 31.6 Å². The second kappa shape index (κ2) is 14.1. The van der Waals surface area contributed by atoms with Crippen LogP contribution in [0.15, 0.2) is 18.2 Å². The molecule has 44 heavy (non-hydrogen) atoms. The van der Waals surface area contributed by atoms with E-state index >= 15 is 0 Å². The van der Waals surface area contributed by atoms with Crippen molar-refractivity contribution < 1.29 is 40.6 Å². The zero-order valence-electron chi connectivity index (χ0n) is 26.1. The average Bonchev–Trinajstić information content (AvgIpc) is 3.23. The number of sulfone groups is 1. The van der Waals surface area contributed by atoms with E-state index in [1.165, 1.54) is 11.1 Å². The van der Waals surface area contributed by atoms with E-state index in [1.54, 1.807) is 0 Å². The number of aromatic hydroxyl groups is 1. The third kappa shape index (κ3) is 8.27. The third-order valence-corrected chi connectivity index (χ3v) is 12.9. The summed E-state index contributed by atoms with van der Waals surface area (Å²) < 4.78 is 87.0. The maximum atomic E-state index is 13.0. The third-order valence-electron chi connectivity index (χ3n) is 11.1. The van der Waals surface area contributed by atoms with Crippen LogP contribution in [-0.2, 0) is 16.3 Å². The highest BCUT2D eigenvalue weighted by molar-refractivity contribution is 7.91. The number of phenolic OH excluding ortho intramolecular Hbond substituents is 1. The van der Waals surface area contributed by atoms with Crippen molar-refractivity contribution in [3.8, 4) is 5.75 Å². The Morgan fingerprint density at radius 3 is 2.34 bits per heavy atom. The molecule has 5 nitrogen and oxygen atoms in total. The highest BCUT2D eigenvalue weighted by Crippen LogP contribution is 2.62.